The van der Waals surface area contributed by atoms with Crippen LogP contribution in [0.2, 0.25) is 0 Å². The Labute approximate surface area is 120 Å². The average molecular weight is 282 g/mol. The van der Waals surface area contributed by atoms with Crippen LogP contribution in [0.5, 0.6) is 0 Å². The largest absolute Gasteiger partial charge is 0.330 e. The first-order chi connectivity index (χ1) is 9.67. The number of benzene rings is 1. The van der Waals surface area contributed by atoms with E-state index in [1.54, 1.807) is 12.1 Å². The van der Waals surface area contributed by atoms with E-state index in [1.807, 2.05) is 6.07 Å². The molecule has 0 spiro atoms. The van der Waals surface area contributed by atoms with Crippen molar-refractivity contribution in [2.24, 2.45) is 11.7 Å². The molecule has 1 aromatic rings. The summed E-state index contributed by atoms with van der Waals surface area (Å²) in [5.41, 5.74) is 7.02. The SMILES string of the molecule is CCCN1CCCC(CN)C1c1cccc(C(F)F)c1. The Morgan fingerprint density at radius 2 is 2.20 bits per heavy atom. The minimum Gasteiger partial charge on any atom is -0.330 e. The van der Waals surface area contributed by atoms with Gasteiger partial charge < -0.3 is 5.73 Å². The molecule has 4 heteroatoms. The third kappa shape index (κ3) is 3.36. The lowest BCUT2D eigenvalue weighted by Crippen LogP contribution is -2.41. The minimum atomic E-state index is -2.41. The van der Waals surface area contributed by atoms with Crippen LogP contribution in [-0.2, 0) is 0 Å². The number of nitrogens with zero attached hydrogens (tertiary/aromatic N) is 1. The third-order valence-corrected chi connectivity index (χ3v) is 4.18. The van der Waals surface area contributed by atoms with E-state index < -0.39 is 6.43 Å². The van der Waals surface area contributed by atoms with Gasteiger partial charge in [-0.15, -0.1) is 0 Å². The molecule has 2 nitrogen and oxygen atoms in total. The van der Waals surface area contributed by atoms with E-state index in [-0.39, 0.29) is 11.6 Å². The Bertz CT molecular complexity index is 421. The van der Waals surface area contributed by atoms with Crippen LogP contribution in [0.1, 0.15) is 49.8 Å². The van der Waals surface area contributed by atoms with Gasteiger partial charge in [0.2, 0.25) is 0 Å². The third-order valence-electron chi connectivity index (χ3n) is 4.18. The molecule has 2 atom stereocenters. The van der Waals surface area contributed by atoms with Crippen molar-refractivity contribution >= 4 is 0 Å². The van der Waals surface area contributed by atoms with Crippen molar-refractivity contribution in [3.63, 3.8) is 0 Å². The Balaban J connectivity index is 2.30. The van der Waals surface area contributed by atoms with Crippen molar-refractivity contribution < 1.29 is 8.78 Å². The molecule has 1 heterocycles. The molecule has 0 saturated carbocycles. The molecular weight excluding hydrogens is 258 g/mol. The molecule has 1 aliphatic heterocycles. The minimum absolute atomic E-state index is 0.111. The van der Waals surface area contributed by atoms with Gasteiger partial charge in [-0.3, -0.25) is 4.90 Å². The predicted molar refractivity (Wildman–Crippen MR) is 77.8 cm³/mol. The van der Waals surface area contributed by atoms with Crippen molar-refractivity contribution in [2.75, 3.05) is 19.6 Å². The highest BCUT2D eigenvalue weighted by atomic mass is 19.3. The highest BCUT2D eigenvalue weighted by Gasteiger charge is 2.31. The van der Waals surface area contributed by atoms with Crippen LogP contribution in [0.3, 0.4) is 0 Å². The summed E-state index contributed by atoms with van der Waals surface area (Å²) >= 11 is 0. The Morgan fingerprint density at radius 1 is 1.40 bits per heavy atom. The van der Waals surface area contributed by atoms with E-state index in [2.05, 4.69) is 11.8 Å². The number of hydrogen-bond acceptors (Lipinski definition) is 2. The van der Waals surface area contributed by atoms with E-state index in [9.17, 15) is 8.78 Å². The van der Waals surface area contributed by atoms with Gasteiger partial charge in [-0.2, -0.15) is 0 Å². The number of rotatable bonds is 5. The zero-order chi connectivity index (χ0) is 14.5. The Kier molecular flexibility index (Phi) is 5.49. The fraction of sp³-hybridized carbons (Fsp3) is 0.625. The molecule has 0 aliphatic carbocycles. The maximum atomic E-state index is 12.9. The van der Waals surface area contributed by atoms with Crippen LogP contribution in [0.25, 0.3) is 0 Å². The lowest BCUT2D eigenvalue weighted by molar-refractivity contribution is 0.0954. The van der Waals surface area contributed by atoms with Crippen LogP contribution in [0.15, 0.2) is 24.3 Å². The Hall–Kier alpha value is -1.00. The van der Waals surface area contributed by atoms with Gasteiger partial charge >= 0.3 is 0 Å². The molecule has 0 aromatic heterocycles. The quantitative estimate of drug-likeness (QED) is 0.891. The molecule has 1 saturated heterocycles. The molecule has 112 valence electrons. The number of hydrogen-bond donors (Lipinski definition) is 1. The predicted octanol–water partition coefficient (Wildman–Crippen LogP) is 3.75. The van der Waals surface area contributed by atoms with Gasteiger partial charge in [-0.25, -0.2) is 8.78 Å². The van der Waals surface area contributed by atoms with Crippen LogP contribution in [0, 0.1) is 5.92 Å². The summed E-state index contributed by atoms with van der Waals surface area (Å²) in [5, 5.41) is 0. The number of halogens is 2. The molecule has 20 heavy (non-hydrogen) atoms. The second-order valence-electron chi connectivity index (χ2n) is 5.59. The van der Waals surface area contributed by atoms with Crippen molar-refractivity contribution in [1.82, 2.24) is 4.90 Å². The molecule has 1 fully saturated rings. The fourth-order valence-corrected chi connectivity index (χ4v) is 3.30. The highest BCUT2D eigenvalue weighted by molar-refractivity contribution is 5.28. The lowest BCUT2D eigenvalue weighted by atomic mass is 9.84. The lowest BCUT2D eigenvalue weighted by Gasteiger charge is -2.41. The molecule has 0 radical (unpaired) electrons. The summed E-state index contributed by atoms with van der Waals surface area (Å²) in [6, 6.07) is 7.05. The number of piperidine rings is 1. The van der Waals surface area contributed by atoms with Gasteiger partial charge in [0.15, 0.2) is 0 Å². The summed E-state index contributed by atoms with van der Waals surface area (Å²) in [6.07, 6.45) is 0.893. The van der Waals surface area contributed by atoms with E-state index in [4.69, 9.17) is 5.73 Å². The first kappa shape index (κ1) is 15.4. The van der Waals surface area contributed by atoms with Crippen molar-refractivity contribution in [1.29, 1.82) is 0 Å². The molecular formula is C16H24F2N2. The standard InChI is InChI=1S/C16H24F2N2/c1-2-8-20-9-4-7-14(11-19)15(20)12-5-3-6-13(10-12)16(17)18/h3,5-6,10,14-16H,2,4,7-9,11,19H2,1H3. The van der Waals surface area contributed by atoms with Gasteiger partial charge in [-0.05, 0) is 56.4 Å². The summed E-state index contributed by atoms with van der Waals surface area (Å²) in [6.45, 7) is 4.80. The number of nitrogens with two attached hydrogens (primary N) is 1. The van der Waals surface area contributed by atoms with Crippen LogP contribution in [-0.4, -0.2) is 24.5 Å². The van der Waals surface area contributed by atoms with Crippen molar-refractivity contribution in [3.8, 4) is 0 Å². The normalized spacial score (nSPS) is 24.2. The second kappa shape index (κ2) is 7.14. The van der Waals surface area contributed by atoms with Crippen LogP contribution >= 0.6 is 0 Å². The van der Waals surface area contributed by atoms with E-state index >= 15 is 0 Å². The van der Waals surface area contributed by atoms with Gasteiger partial charge in [0.1, 0.15) is 0 Å². The van der Waals surface area contributed by atoms with E-state index in [0.717, 1.165) is 37.9 Å². The fourth-order valence-electron chi connectivity index (χ4n) is 3.30. The molecule has 0 bridgehead atoms. The summed E-state index contributed by atoms with van der Waals surface area (Å²) in [5.74, 6) is 0.364. The molecule has 1 aliphatic rings. The molecule has 0 amide bonds. The van der Waals surface area contributed by atoms with Gasteiger partial charge in [0.05, 0.1) is 0 Å². The topological polar surface area (TPSA) is 29.3 Å². The van der Waals surface area contributed by atoms with Gasteiger partial charge in [0, 0.05) is 11.6 Å². The maximum absolute atomic E-state index is 12.9. The van der Waals surface area contributed by atoms with Gasteiger partial charge in [-0.1, -0.05) is 25.1 Å². The van der Waals surface area contributed by atoms with Gasteiger partial charge in [0.25, 0.3) is 6.43 Å². The van der Waals surface area contributed by atoms with Crippen LogP contribution in [0.4, 0.5) is 8.78 Å². The number of alkyl halides is 2. The van der Waals surface area contributed by atoms with E-state index in [1.165, 1.54) is 6.07 Å². The van der Waals surface area contributed by atoms with Crippen LogP contribution < -0.4 is 5.73 Å². The summed E-state index contributed by atoms with van der Waals surface area (Å²) in [7, 11) is 0. The monoisotopic (exact) mass is 282 g/mol. The van der Waals surface area contributed by atoms with E-state index in [0.29, 0.717) is 12.5 Å². The average Bonchev–Trinajstić information content (AvgIpc) is 2.47. The highest BCUT2D eigenvalue weighted by Crippen LogP contribution is 2.36. The summed E-state index contributed by atoms with van der Waals surface area (Å²) < 4.78 is 25.8. The smallest absolute Gasteiger partial charge is 0.263 e. The number of likely N-dealkylation sites (tertiary alicyclic amines) is 1. The second-order valence-corrected chi connectivity index (χ2v) is 5.59. The zero-order valence-corrected chi connectivity index (χ0v) is 12.1. The zero-order valence-electron chi connectivity index (χ0n) is 12.1. The molecule has 2 rings (SSSR count). The Morgan fingerprint density at radius 3 is 2.85 bits per heavy atom. The summed E-state index contributed by atoms with van der Waals surface area (Å²) in [4.78, 5) is 2.41. The molecule has 1 aromatic carbocycles. The van der Waals surface area contributed by atoms with Crippen molar-refractivity contribution in [3.05, 3.63) is 35.4 Å². The first-order valence-electron chi connectivity index (χ1n) is 7.49. The molecule has 2 N–H and O–H groups in total. The first-order valence-corrected chi connectivity index (χ1v) is 7.49. The molecule has 2 unspecified atom stereocenters. The maximum Gasteiger partial charge on any atom is 0.263 e. The van der Waals surface area contributed by atoms with Crippen molar-refractivity contribution in [2.45, 2.75) is 38.7 Å².